The van der Waals surface area contributed by atoms with Gasteiger partial charge in [0.2, 0.25) is 5.91 Å². The molecule has 1 aromatic heterocycles. The van der Waals surface area contributed by atoms with E-state index in [0.717, 1.165) is 18.4 Å². The Labute approximate surface area is 147 Å². The van der Waals surface area contributed by atoms with Crippen molar-refractivity contribution in [2.45, 2.75) is 31.7 Å². The van der Waals surface area contributed by atoms with E-state index in [4.69, 9.17) is 0 Å². The van der Waals surface area contributed by atoms with Crippen LogP contribution in [0.5, 0.6) is 0 Å². The van der Waals surface area contributed by atoms with Gasteiger partial charge in [-0.3, -0.25) is 14.6 Å². The quantitative estimate of drug-likeness (QED) is 0.816. The van der Waals surface area contributed by atoms with Crippen LogP contribution in [0.4, 0.5) is 0 Å². The Balaban J connectivity index is 1.49. The summed E-state index contributed by atoms with van der Waals surface area (Å²) in [5.74, 6) is 0.294. The van der Waals surface area contributed by atoms with Crippen LogP contribution in [0.1, 0.15) is 47.6 Å². The normalized spacial score (nSPS) is 15.0. The average Bonchev–Trinajstić information content (AvgIpc) is 2.61. The van der Waals surface area contributed by atoms with E-state index in [1.165, 1.54) is 6.42 Å². The first-order chi connectivity index (χ1) is 12.2. The number of amides is 2. The van der Waals surface area contributed by atoms with Gasteiger partial charge in [0.05, 0.1) is 6.04 Å². The predicted octanol–water partition coefficient (Wildman–Crippen LogP) is 2.86. The Bertz CT molecular complexity index is 699. The third kappa shape index (κ3) is 4.66. The highest BCUT2D eigenvalue weighted by molar-refractivity contribution is 5.94. The van der Waals surface area contributed by atoms with E-state index < -0.39 is 0 Å². The summed E-state index contributed by atoms with van der Waals surface area (Å²) < 4.78 is 0. The molecule has 1 aliphatic rings. The van der Waals surface area contributed by atoms with Gasteiger partial charge < -0.3 is 10.6 Å². The van der Waals surface area contributed by atoms with Crippen molar-refractivity contribution < 1.29 is 9.59 Å². The second kappa shape index (κ2) is 8.42. The van der Waals surface area contributed by atoms with Crippen molar-refractivity contribution >= 4 is 11.8 Å². The molecule has 1 atom stereocenters. The minimum atomic E-state index is -0.186. The summed E-state index contributed by atoms with van der Waals surface area (Å²) in [7, 11) is 0. The smallest absolute Gasteiger partial charge is 0.251 e. The fourth-order valence-electron chi connectivity index (χ4n) is 3.05. The average molecular weight is 337 g/mol. The summed E-state index contributed by atoms with van der Waals surface area (Å²) >= 11 is 0. The lowest BCUT2D eigenvalue weighted by atomic mass is 9.77. The summed E-state index contributed by atoms with van der Waals surface area (Å²) in [6.45, 7) is 0.319. The zero-order valence-electron chi connectivity index (χ0n) is 14.2. The van der Waals surface area contributed by atoms with Gasteiger partial charge >= 0.3 is 0 Å². The second-order valence-corrected chi connectivity index (χ2v) is 6.39. The van der Waals surface area contributed by atoms with E-state index in [-0.39, 0.29) is 24.3 Å². The van der Waals surface area contributed by atoms with E-state index >= 15 is 0 Å². The molecule has 1 heterocycles. The van der Waals surface area contributed by atoms with Crippen molar-refractivity contribution in [3.8, 4) is 0 Å². The summed E-state index contributed by atoms with van der Waals surface area (Å²) in [4.78, 5) is 28.2. The van der Waals surface area contributed by atoms with Crippen molar-refractivity contribution in [3.63, 3.8) is 0 Å². The molecule has 3 rings (SSSR count). The maximum Gasteiger partial charge on any atom is 0.251 e. The second-order valence-electron chi connectivity index (χ2n) is 6.39. The van der Waals surface area contributed by atoms with Gasteiger partial charge in [0.15, 0.2) is 0 Å². The lowest BCUT2D eigenvalue weighted by molar-refractivity contribution is -0.122. The third-order valence-corrected chi connectivity index (χ3v) is 4.68. The summed E-state index contributed by atoms with van der Waals surface area (Å²) in [6.07, 6.45) is 6.95. The molecular formula is C20H23N3O2. The first kappa shape index (κ1) is 17.1. The molecule has 0 aliphatic heterocycles. The number of carbonyl (C=O) groups excluding carboxylic acids is 2. The van der Waals surface area contributed by atoms with Crippen LogP contribution in [-0.2, 0) is 4.79 Å². The topological polar surface area (TPSA) is 71.1 Å². The maximum absolute atomic E-state index is 12.3. The van der Waals surface area contributed by atoms with Crippen molar-refractivity contribution in [2.24, 2.45) is 5.92 Å². The van der Waals surface area contributed by atoms with Crippen LogP contribution in [-0.4, -0.2) is 23.3 Å². The highest BCUT2D eigenvalue weighted by Crippen LogP contribution is 2.37. The molecule has 1 aliphatic carbocycles. The van der Waals surface area contributed by atoms with Crippen molar-refractivity contribution in [1.82, 2.24) is 15.6 Å². The van der Waals surface area contributed by atoms with Gasteiger partial charge in [-0.1, -0.05) is 36.8 Å². The van der Waals surface area contributed by atoms with Crippen LogP contribution >= 0.6 is 0 Å². The molecule has 2 amide bonds. The molecule has 1 saturated carbocycles. The molecule has 5 nitrogen and oxygen atoms in total. The van der Waals surface area contributed by atoms with E-state index in [1.54, 1.807) is 24.5 Å². The molecule has 25 heavy (non-hydrogen) atoms. The molecule has 2 aromatic rings. The number of nitrogens with one attached hydrogen (secondary N) is 2. The Morgan fingerprint density at radius 3 is 2.44 bits per heavy atom. The first-order valence-corrected chi connectivity index (χ1v) is 8.76. The molecule has 0 unspecified atom stereocenters. The molecule has 130 valence electrons. The van der Waals surface area contributed by atoms with E-state index in [9.17, 15) is 9.59 Å². The Morgan fingerprint density at radius 2 is 1.80 bits per heavy atom. The zero-order chi connectivity index (χ0) is 17.5. The number of rotatable bonds is 7. The minimum absolute atomic E-state index is 0.0317. The van der Waals surface area contributed by atoms with E-state index in [2.05, 4.69) is 27.8 Å². The van der Waals surface area contributed by atoms with Gasteiger partial charge in [0, 0.05) is 30.9 Å². The number of nitrogens with zero attached hydrogens (tertiary/aromatic N) is 1. The van der Waals surface area contributed by atoms with Crippen LogP contribution in [0.25, 0.3) is 0 Å². The Kier molecular flexibility index (Phi) is 5.77. The Hall–Kier alpha value is -2.69. The molecular weight excluding hydrogens is 314 g/mol. The molecule has 1 aromatic carbocycles. The molecule has 1 fully saturated rings. The largest absolute Gasteiger partial charge is 0.352 e. The number of benzene rings is 1. The van der Waals surface area contributed by atoms with E-state index in [0.29, 0.717) is 18.0 Å². The number of aromatic nitrogens is 1. The summed E-state index contributed by atoms with van der Waals surface area (Å²) in [5, 5.41) is 5.92. The summed E-state index contributed by atoms with van der Waals surface area (Å²) in [5.41, 5.74) is 1.70. The predicted molar refractivity (Wildman–Crippen MR) is 95.9 cm³/mol. The molecule has 2 N–H and O–H groups in total. The lowest BCUT2D eigenvalue weighted by Crippen LogP contribution is -2.38. The number of hydrogen-bond acceptors (Lipinski definition) is 3. The minimum Gasteiger partial charge on any atom is -0.352 e. The van der Waals surface area contributed by atoms with Gasteiger partial charge in [-0.2, -0.15) is 0 Å². The molecule has 5 heteroatoms. The highest BCUT2D eigenvalue weighted by atomic mass is 16.2. The van der Waals surface area contributed by atoms with Crippen LogP contribution in [0.15, 0.2) is 54.9 Å². The molecule has 0 saturated heterocycles. The van der Waals surface area contributed by atoms with Crippen molar-refractivity contribution in [2.75, 3.05) is 6.54 Å². The van der Waals surface area contributed by atoms with Gasteiger partial charge in [0.25, 0.3) is 5.91 Å². The monoisotopic (exact) mass is 337 g/mol. The molecule has 0 bridgehead atoms. The number of hydrogen-bond donors (Lipinski definition) is 2. The van der Waals surface area contributed by atoms with Crippen molar-refractivity contribution in [3.05, 3.63) is 66.0 Å². The Morgan fingerprint density at radius 1 is 1.08 bits per heavy atom. The van der Waals surface area contributed by atoms with Gasteiger partial charge in [-0.15, -0.1) is 0 Å². The fraction of sp³-hybridized carbons (Fsp3) is 0.350. The van der Waals surface area contributed by atoms with Crippen LogP contribution in [0, 0.1) is 5.92 Å². The maximum atomic E-state index is 12.3. The molecule has 0 spiro atoms. The lowest BCUT2D eigenvalue weighted by Gasteiger charge is -2.34. The number of pyridine rings is 1. The van der Waals surface area contributed by atoms with Crippen LogP contribution in [0.3, 0.4) is 0 Å². The highest BCUT2D eigenvalue weighted by Gasteiger charge is 2.29. The van der Waals surface area contributed by atoms with Gasteiger partial charge in [0.1, 0.15) is 0 Å². The molecule has 0 radical (unpaired) electrons. The SMILES string of the molecule is O=C(CCNC(=O)c1ccncc1)N[C@H](c1ccccc1)C1CCC1. The fourth-order valence-corrected chi connectivity index (χ4v) is 3.05. The van der Waals surface area contributed by atoms with Gasteiger partial charge in [-0.25, -0.2) is 0 Å². The van der Waals surface area contributed by atoms with Gasteiger partial charge in [-0.05, 0) is 36.5 Å². The van der Waals surface area contributed by atoms with Crippen molar-refractivity contribution in [1.29, 1.82) is 0 Å². The van der Waals surface area contributed by atoms with Crippen LogP contribution < -0.4 is 10.6 Å². The first-order valence-electron chi connectivity index (χ1n) is 8.76. The standard InChI is InChI=1S/C20H23N3O2/c24-18(11-14-22-20(25)17-9-12-21-13-10-17)23-19(16-7-4-8-16)15-5-2-1-3-6-15/h1-3,5-6,9-10,12-13,16,19H,4,7-8,11,14H2,(H,22,25)(H,23,24)/t19-/m1/s1. The number of carbonyl (C=O) groups is 2. The van der Waals surface area contributed by atoms with E-state index in [1.807, 2.05) is 18.2 Å². The van der Waals surface area contributed by atoms with Crippen LogP contribution in [0.2, 0.25) is 0 Å². The zero-order valence-corrected chi connectivity index (χ0v) is 14.2. The summed E-state index contributed by atoms with van der Waals surface area (Å²) in [6, 6.07) is 13.5. The third-order valence-electron chi connectivity index (χ3n) is 4.68.